The lowest BCUT2D eigenvalue weighted by Gasteiger charge is -2.23. The standard InChI is InChI=1S/C33H34N6O2.C2H5NO2.C2H6O.CH4O/c1-2-5-30(40)39-13-4-7-28(39)33-36-25-11-9-19-15-24-22-10-8-20(27-17-35-32(37-27)26-6-3-12-34-26)14-21(22)18-41-29(24)16-23(19)31(25)38-33;1-5-2(3)4;1-3-2;1-2/h8-11,14-17,26,28,34H,2-7,12-13,18H2,1H3,(H,35,37)(H,36,38);1H3,(H2,3,4);1-2H3;2H,1H3/t26-,28?;;;/m0.../s1. The number of aromatic nitrogens is 4. The number of primary amides is 1. The molecule has 5 aromatic rings. The van der Waals surface area contributed by atoms with E-state index in [9.17, 15) is 9.59 Å². The fourth-order valence-electron chi connectivity index (χ4n) is 6.92. The Labute approximate surface area is 297 Å². The molecule has 13 heteroatoms. The van der Waals surface area contributed by atoms with Gasteiger partial charge in [-0.3, -0.25) is 4.79 Å². The predicted octanol–water partition coefficient (Wildman–Crippen LogP) is 6.14. The number of nitrogens with two attached hydrogens (primary N) is 1. The van der Waals surface area contributed by atoms with E-state index in [1.807, 2.05) is 11.1 Å². The van der Waals surface area contributed by atoms with Gasteiger partial charge in [0.15, 0.2) is 0 Å². The maximum Gasteiger partial charge on any atom is 0.404 e. The number of fused-ring (bicyclic) bond motifs is 6. The van der Waals surface area contributed by atoms with Gasteiger partial charge in [0.25, 0.3) is 0 Å². The molecular formula is C38H49N7O6. The summed E-state index contributed by atoms with van der Waals surface area (Å²) in [7, 11) is 5.47. The molecule has 13 nitrogen and oxygen atoms in total. The number of benzene rings is 3. The summed E-state index contributed by atoms with van der Waals surface area (Å²) in [6.07, 6.45) is 6.93. The monoisotopic (exact) mass is 699 g/mol. The molecule has 1 unspecified atom stereocenters. The Morgan fingerprint density at radius 1 is 1.02 bits per heavy atom. The Kier molecular flexibility index (Phi) is 12.6. The number of rotatable bonds is 5. The van der Waals surface area contributed by atoms with Crippen molar-refractivity contribution >= 4 is 33.8 Å². The van der Waals surface area contributed by atoms with Gasteiger partial charge in [-0.2, -0.15) is 0 Å². The second-order valence-electron chi connectivity index (χ2n) is 12.6. The number of H-pyrrole nitrogens is 2. The van der Waals surface area contributed by atoms with E-state index in [0.717, 1.165) is 102 Å². The van der Waals surface area contributed by atoms with Crippen LogP contribution in [0.5, 0.6) is 5.75 Å². The van der Waals surface area contributed by atoms with Crippen molar-refractivity contribution in [2.45, 2.75) is 64.1 Å². The Hall–Kier alpha value is -4.98. The van der Waals surface area contributed by atoms with Gasteiger partial charge in [-0.15, -0.1) is 0 Å². The molecule has 2 fully saturated rings. The molecule has 0 radical (unpaired) electrons. The lowest BCUT2D eigenvalue weighted by atomic mass is 9.92. The number of ether oxygens (including phenoxy) is 3. The molecule has 51 heavy (non-hydrogen) atoms. The van der Waals surface area contributed by atoms with Crippen molar-refractivity contribution in [3.63, 3.8) is 0 Å². The molecule has 3 aliphatic rings. The van der Waals surface area contributed by atoms with E-state index in [2.05, 4.69) is 84.9 Å². The van der Waals surface area contributed by atoms with Crippen LogP contribution >= 0.6 is 0 Å². The molecule has 5 heterocycles. The molecule has 0 bridgehead atoms. The molecule has 8 rings (SSSR count). The van der Waals surface area contributed by atoms with Gasteiger partial charge in [0.05, 0.1) is 42.1 Å². The van der Waals surface area contributed by atoms with Gasteiger partial charge in [-0.05, 0) is 85.0 Å². The number of nitrogens with zero attached hydrogens (tertiary/aromatic N) is 3. The lowest BCUT2D eigenvalue weighted by Crippen LogP contribution is -2.30. The van der Waals surface area contributed by atoms with Gasteiger partial charge in [0.2, 0.25) is 5.91 Å². The second kappa shape index (κ2) is 17.3. The minimum Gasteiger partial charge on any atom is -0.488 e. The van der Waals surface area contributed by atoms with E-state index in [0.29, 0.717) is 19.1 Å². The molecule has 2 aromatic heterocycles. The first-order valence-electron chi connectivity index (χ1n) is 17.3. The molecule has 3 aliphatic heterocycles. The summed E-state index contributed by atoms with van der Waals surface area (Å²) in [6.45, 7) is 4.44. The predicted molar refractivity (Wildman–Crippen MR) is 197 cm³/mol. The minimum absolute atomic E-state index is 0.0202. The first kappa shape index (κ1) is 37.3. The number of aliphatic hydroxyl groups excluding tert-OH is 1. The molecule has 3 aromatic carbocycles. The molecule has 2 atom stereocenters. The minimum atomic E-state index is -0.745. The third-order valence-corrected chi connectivity index (χ3v) is 9.22. The van der Waals surface area contributed by atoms with Crippen molar-refractivity contribution in [2.24, 2.45) is 5.73 Å². The van der Waals surface area contributed by atoms with Crippen LogP contribution in [-0.4, -0.2) is 83.5 Å². The summed E-state index contributed by atoms with van der Waals surface area (Å²) in [5.41, 5.74) is 12.0. The number of aliphatic hydroxyl groups is 1. The number of amides is 2. The highest BCUT2D eigenvalue weighted by Crippen LogP contribution is 2.43. The van der Waals surface area contributed by atoms with Crippen LogP contribution in [0.25, 0.3) is 44.2 Å². The summed E-state index contributed by atoms with van der Waals surface area (Å²) in [5.74, 6) is 3.01. The Morgan fingerprint density at radius 3 is 2.51 bits per heavy atom. The first-order valence-corrected chi connectivity index (χ1v) is 17.3. The second-order valence-corrected chi connectivity index (χ2v) is 12.6. The van der Waals surface area contributed by atoms with E-state index in [1.54, 1.807) is 14.2 Å². The number of imidazole rings is 2. The van der Waals surface area contributed by atoms with Crippen molar-refractivity contribution in [3.8, 4) is 28.1 Å². The molecule has 6 N–H and O–H groups in total. The number of hydrogen-bond donors (Lipinski definition) is 5. The highest BCUT2D eigenvalue weighted by molar-refractivity contribution is 6.07. The van der Waals surface area contributed by atoms with Crippen LogP contribution in [0.1, 0.15) is 74.7 Å². The van der Waals surface area contributed by atoms with E-state index < -0.39 is 6.09 Å². The smallest absolute Gasteiger partial charge is 0.404 e. The van der Waals surface area contributed by atoms with E-state index in [-0.39, 0.29) is 11.9 Å². The average molecular weight is 700 g/mol. The maximum absolute atomic E-state index is 12.7. The van der Waals surface area contributed by atoms with Crippen LogP contribution in [0, 0.1) is 0 Å². The molecule has 2 amide bonds. The third-order valence-electron chi connectivity index (χ3n) is 9.22. The normalized spacial score (nSPS) is 17.2. The van der Waals surface area contributed by atoms with Crippen LogP contribution in [0.15, 0.2) is 48.7 Å². The topological polar surface area (TPSA) is 181 Å². The van der Waals surface area contributed by atoms with Crippen LogP contribution in [-0.2, 0) is 20.9 Å². The SMILES string of the molecule is CCCC(=O)N1CCCC1c1nc2c(ccc3cc4c(cc32)OCc2cc(-c3cnc([C@@H]5CCCN5)[nH]3)ccc2-4)[nH]1.CO.COC.COC(N)=O. The van der Waals surface area contributed by atoms with E-state index in [4.69, 9.17) is 14.8 Å². The average Bonchev–Trinajstić information content (AvgIpc) is 3.99. The van der Waals surface area contributed by atoms with Gasteiger partial charge >= 0.3 is 6.09 Å². The van der Waals surface area contributed by atoms with Gasteiger partial charge in [-0.1, -0.05) is 25.1 Å². The quantitative estimate of drug-likeness (QED) is 0.144. The Morgan fingerprint density at radius 2 is 1.80 bits per heavy atom. The summed E-state index contributed by atoms with van der Waals surface area (Å²) in [6, 6.07) is 15.6. The van der Waals surface area contributed by atoms with Crippen molar-refractivity contribution in [1.82, 2.24) is 30.2 Å². The van der Waals surface area contributed by atoms with Crippen LogP contribution in [0.4, 0.5) is 4.79 Å². The van der Waals surface area contributed by atoms with Crippen LogP contribution < -0.4 is 15.8 Å². The van der Waals surface area contributed by atoms with E-state index >= 15 is 0 Å². The number of carbonyl (C=O) groups excluding carboxylic acids is 2. The van der Waals surface area contributed by atoms with Crippen molar-refractivity contribution in [2.75, 3.05) is 41.5 Å². The number of carbonyl (C=O) groups is 2. The van der Waals surface area contributed by atoms with Gasteiger partial charge < -0.3 is 45.2 Å². The number of likely N-dealkylation sites (tertiary alicyclic amines) is 1. The fraction of sp³-hybridized carbons (Fsp3) is 0.421. The molecule has 0 aliphatic carbocycles. The Bertz CT molecular complexity index is 1950. The molecule has 0 spiro atoms. The van der Waals surface area contributed by atoms with Crippen molar-refractivity contribution in [1.29, 1.82) is 0 Å². The fourth-order valence-corrected chi connectivity index (χ4v) is 6.92. The summed E-state index contributed by atoms with van der Waals surface area (Å²) in [4.78, 5) is 40.9. The zero-order valence-corrected chi connectivity index (χ0v) is 30.0. The van der Waals surface area contributed by atoms with Gasteiger partial charge in [0, 0.05) is 45.2 Å². The van der Waals surface area contributed by atoms with Crippen LogP contribution in [0.3, 0.4) is 0 Å². The molecule has 272 valence electrons. The zero-order valence-electron chi connectivity index (χ0n) is 30.0. The van der Waals surface area contributed by atoms with Gasteiger partial charge in [0.1, 0.15) is 24.0 Å². The number of aromatic amines is 2. The summed E-state index contributed by atoms with van der Waals surface area (Å²) >= 11 is 0. The summed E-state index contributed by atoms with van der Waals surface area (Å²) < 4.78 is 14.5. The van der Waals surface area contributed by atoms with E-state index in [1.165, 1.54) is 24.7 Å². The van der Waals surface area contributed by atoms with Crippen molar-refractivity contribution < 1.29 is 28.9 Å². The highest BCUT2D eigenvalue weighted by atomic mass is 16.5. The van der Waals surface area contributed by atoms with Crippen molar-refractivity contribution in [3.05, 3.63) is 65.9 Å². The lowest BCUT2D eigenvalue weighted by molar-refractivity contribution is -0.132. The Balaban J connectivity index is 0.000000454. The number of methoxy groups -OCH3 is 2. The largest absolute Gasteiger partial charge is 0.488 e. The van der Waals surface area contributed by atoms with Gasteiger partial charge in [-0.25, -0.2) is 14.8 Å². The molecular weight excluding hydrogens is 650 g/mol. The number of nitrogens with one attached hydrogen (secondary N) is 3. The molecule has 0 saturated carbocycles. The summed E-state index contributed by atoms with van der Waals surface area (Å²) in [5, 5.41) is 12.7. The third kappa shape index (κ3) is 8.16. The highest BCUT2D eigenvalue weighted by Gasteiger charge is 2.32. The molecule has 2 saturated heterocycles. The maximum atomic E-state index is 12.7. The zero-order chi connectivity index (χ0) is 36.5. The first-order chi connectivity index (χ1) is 24.8. The van der Waals surface area contributed by atoms with Crippen LogP contribution in [0.2, 0.25) is 0 Å². The number of hydrogen-bond acceptors (Lipinski definition) is 9.